The van der Waals surface area contributed by atoms with Crippen molar-refractivity contribution in [2.24, 2.45) is 0 Å². The van der Waals surface area contributed by atoms with Crippen molar-refractivity contribution in [2.75, 3.05) is 19.2 Å². The third kappa shape index (κ3) is 4.66. The Morgan fingerprint density at radius 1 is 1.10 bits per heavy atom. The Labute approximate surface area is 125 Å². The number of rotatable bonds is 2. The number of carbonyl (C=O) groups excluding carboxylic acids is 2. The predicted octanol–water partition coefficient (Wildman–Crippen LogP) is 2.83. The minimum absolute atomic E-state index is 0.281. The van der Waals surface area contributed by atoms with Crippen LogP contribution in [0.5, 0.6) is 5.75 Å². The maximum absolute atomic E-state index is 12.3. The summed E-state index contributed by atoms with van der Waals surface area (Å²) < 4.78 is 10.4. The molecular formula is C15H22N2O4. The number of hydrazine groups is 1. The van der Waals surface area contributed by atoms with Gasteiger partial charge in [0, 0.05) is 14.0 Å². The van der Waals surface area contributed by atoms with Crippen molar-refractivity contribution in [1.29, 1.82) is 0 Å². The molecule has 0 N–H and O–H groups in total. The van der Waals surface area contributed by atoms with Crippen molar-refractivity contribution in [1.82, 2.24) is 5.01 Å². The van der Waals surface area contributed by atoms with Gasteiger partial charge in [0.25, 0.3) is 0 Å². The van der Waals surface area contributed by atoms with Crippen LogP contribution in [0.3, 0.4) is 0 Å². The second kappa shape index (κ2) is 6.47. The Kier molecular flexibility index (Phi) is 5.18. The minimum Gasteiger partial charge on any atom is -0.497 e. The van der Waals surface area contributed by atoms with Crippen molar-refractivity contribution in [2.45, 2.75) is 33.3 Å². The molecule has 0 aromatic heterocycles. The Hall–Kier alpha value is -2.24. The normalized spacial score (nSPS) is 10.8. The van der Waals surface area contributed by atoms with Gasteiger partial charge in [0.15, 0.2) is 0 Å². The summed E-state index contributed by atoms with van der Waals surface area (Å²) in [6, 6.07) is 6.78. The van der Waals surface area contributed by atoms with E-state index in [9.17, 15) is 9.59 Å². The first-order valence-electron chi connectivity index (χ1n) is 6.57. The van der Waals surface area contributed by atoms with Gasteiger partial charge in [0.2, 0.25) is 5.91 Å². The summed E-state index contributed by atoms with van der Waals surface area (Å²) in [5.74, 6) is 0.380. The molecule has 0 aliphatic heterocycles. The third-order valence-electron chi connectivity index (χ3n) is 2.64. The third-order valence-corrected chi connectivity index (χ3v) is 2.64. The molecule has 0 radical (unpaired) electrons. The van der Waals surface area contributed by atoms with E-state index in [0.29, 0.717) is 11.4 Å². The fourth-order valence-corrected chi connectivity index (χ4v) is 1.57. The molecule has 0 saturated heterocycles. The molecule has 0 bridgehead atoms. The lowest BCUT2D eigenvalue weighted by molar-refractivity contribution is -0.128. The number of ether oxygens (including phenoxy) is 2. The van der Waals surface area contributed by atoms with E-state index in [1.807, 2.05) is 0 Å². The van der Waals surface area contributed by atoms with Crippen molar-refractivity contribution < 1.29 is 19.1 Å². The first-order valence-corrected chi connectivity index (χ1v) is 6.57. The molecule has 6 heteroatoms. The van der Waals surface area contributed by atoms with E-state index >= 15 is 0 Å². The number of methoxy groups -OCH3 is 1. The quantitative estimate of drug-likeness (QED) is 0.787. The lowest BCUT2D eigenvalue weighted by atomic mass is 10.2. The smallest absolute Gasteiger partial charge is 0.434 e. The average Bonchev–Trinajstić information content (AvgIpc) is 2.37. The van der Waals surface area contributed by atoms with E-state index in [4.69, 9.17) is 9.47 Å². The van der Waals surface area contributed by atoms with Crippen molar-refractivity contribution in [3.63, 3.8) is 0 Å². The molecule has 0 aliphatic rings. The largest absolute Gasteiger partial charge is 0.497 e. The van der Waals surface area contributed by atoms with E-state index in [1.165, 1.54) is 24.0 Å². The van der Waals surface area contributed by atoms with Crippen LogP contribution in [0, 0.1) is 0 Å². The maximum Gasteiger partial charge on any atom is 0.434 e. The fourth-order valence-electron chi connectivity index (χ4n) is 1.57. The molecule has 0 spiro atoms. The molecule has 1 aromatic rings. The van der Waals surface area contributed by atoms with Crippen molar-refractivity contribution in [3.05, 3.63) is 24.3 Å². The standard InChI is InChI=1S/C15H22N2O4/c1-11(18)16(5)17(14(19)21-15(2,3)4)12-7-9-13(20-6)10-8-12/h7-10H,1-6H3. The highest BCUT2D eigenvalue weighted by molar-refractivity contribution is 5.91. The van der Waals surface area contributed by atoms with Crippen LogP contribution < -0.4 is 9.75 Å². The minimum atomic E-state index is -0.653. The number of hydrogen-bond acceptors (Lipinski definition) is 4. The zero-order chi connectivity index (χ0) is 16.2. The van der Waals surface area contributed by atoms with Gasteiger partial charge in [0.1, 0.15) is 11.4 Å². The predicted molar refractivity (Wildman–Crippen MR) is 80.2 cm³/mol. The summed E-state index contributed by atoms with van der Waals surface area (Å²) in [6.45, 7) is 6.68. The number of anilines is 1. The highest BCUT2D eigenvalue weighted by Gasteiger charge is 2.28. The molecule has 1 rings (SSSR count). The summed E-state index contributed by atoms with van der Waals surface area (Å²) in [5.41, 5.74) is -0.137. The van der Waals surface area contributed by atoms with Gasteiger partial charge in [0.05, 0.1) is 12.8 Å². The zero-order valence-corrected chi connectivity index (χ0v) is 13.3. The Morgan fingerprint density at radius 3 is 2.00 bits per heavy atom. The van der Waals surface area contributed by atoms with Crippen LogP contribution in [0.25, 0.3) is 0 Å². The van der Waals surface area contributed by atoms with Crippen LogP contribution in [-0.4, -0.2) is 36.8 Å². The molecule has 0 fully saturated rings. The van der Waals surface area contributed by atoms with E-state index in [-0.39, 0.29) is 5.91 Å². The van der Waals surface area contributed by atoms with Crippen LogP contribution in [0.15, 0.2) is 24.3 Å². The Bertz CT molecular complexity index is 505. The van der Waals surface area contributed by atoms with E-state index < -0.39 is 11.7 Å². The SMILES string of the molecule is COc1ccc(N(C(=O)OC(C)(C)C)N(C)C(C)=O)cc1. The van der Waals surface area contributed by atoms with Gasteiger partial charge in [-0.15, -0.1) is 0 Å². The molecule has 2 amide bonds. The van der Waals surface area contributed by atoms with Gasteiger partial charge in [-0.05, 0) is 45.0 Å². The number of hydrogen-bond donors (Lipinski definition) is 0. The molecular weight excluding hydrogens is 272 g/mol. The van der Waals surface area contributed by atoms with Crippen molar-refractivity contribution in [3.8, 4) is 5.75 Å². The summed E-state index contributed by atoms with van der Waals surface area (Å²) in [7, 11) is 3.07. The van der Waals surface area contributed by atoms with E-state index in [1.54, 1.807) is 52.1 Å². The molecule has 0 saturated carbocycles. The monoisotopic (exact) mass is 294 g/mol. The lowest BCUT2D eigenvalue weighted by Gasteiger charge is -2.32. The average molecular weight is 294 g/mol. The summed E-state index contributed by atoms with van der Waals surface area (Å²) in [4.78, 5) is 23.9. The zero-order valence-electron chi connectivity index (χ0n) is 13.3. The molecule has 0 unspecified atom stereocenters. The maximum atomic E-state index is 12.3. The highest BCUT2D eigenvalue weighted by atomic mass is 16.6. The van der Waals surface area contributed by atoms with Gasteiger partial charge in [-0.25, -0.2) is 9.80 Å². The van der Waals surface area contributed by atoms with Crippen LogP contribution in [0.2, 0.25) is 0 Å². The number of carbonyl (C=O) groups is 2. The Morgan fingerprint density at radius 2 is 1.62 bits per heavy atom. The molecule has 6 nitrogen and oxygen atoms in total. The molecule has 116 valence electrons. The lowest BCUT2D eigenvalue weighted by Crippen LogP contribution is -2.49. The van der Waals surface area contributed by atoms with Gasteiger partial charge < -0.3 is 9.47 Å². The molecule has 21 heavy (non-hydrogen) atoms. The first kappa shape index (κ1) is 16.8. The molecule has 0 aliphatic carbocycles. The second-order valence-electron chi connectivity index (χ2n) is 5.53. The number of amides is 2. The van der Waals surface area contributed by atoms with E-state index in [2.05, 4.69) is 0 Å². The highest BCUT2D eigenvalue weighted by Crippen LogP contribution is 2.22. The first-order chi connectivity index (χ1) is 9.65. The topological polar surface area (TPSA) is 59.1 Å². The molecule has 0 heterocycles. The van der Waals surface area contributed by atoms with Crippen LogP contribution in [0.1, 0.15) is 27.7 Å². The Balaban J connectivity index is 3.12. The number of nitrogens with zero attached hydrogens (tertiary/aromatic N) is 2. The fraction of sp³-hybridized carbons (Fsp3) is 0.467. The van der Waals surface area contributed by atoms with Gasteiger partial charge in [-0.1, -0.05) is 0 Å². The van der Waals surface area contributed by atoms with Crippen LogP contribution >= 0.6 is 0 Å². The number of benzene rings is 1. The summed E-state index contributed by atoms with van der Waals surface area (Å²) >= 11 is 0. The van der Waals surface area contributed by atoms with E-state index in [0.717, 1.165) is 0 Å². The van der Waals surface area contributed by atoms with Crippen LogP contribution in [-0.2, 0) is 9.53 Å². The molecule has 1 aromatic carbocycles. The van der Waals surface area contributed by atoms with Crippen LogP contribution in [0.4, 0.5) is 10.5 Å². The van der Waals surface area contributed by atoms with Gasteiger partial charge >= 0.3 is 6.09 Å². The molecule has 0 atom stereocenters. The van der Waals surface area contributed by atoms with Crippen molar-refractivity contribution >= 4 is 17.7 Å². The second-order valence-corrected chi connectivity index (χ2v) is 5.53. The van der Waals surface area contributed by atoms with Gasteiger partial charge in [-0.3, -0.25) is 4.79 Å². The van der Waals surface area contributed by atoms with Gasteiger partial charge in [-0.2, -0.15) is 5.01 Å². The summed E-state index contributed by atoms with van der Waals surface area (Å²) in [5, 5.41) is 2.39. The summed E-state index contributed by atoms with van der Waals surface area (Å²) in [6.07, 6.45) is -0.620.